The Balaban J connectivity index is 2.03. The second kappa shape index (κ2) is 8.11. The summed E-state index contributed by atoms with van der Waals surface area (Å²) in [4.78, 5) is 31.0. The fourth-order valence-electron chi connectivity index (χ4n) is 2.63. The number of thioether (sulfide) groups is 1. The minimum absolute atomic E-state index is 0.121. The lowest BCUT2D eigenvalue weighted by Gasteiger charge is -2.10. The van der Waals surface area contributed by atoms with Crippen LogP contribution in [-0.4, -0.2) is 41.9 Å². The monoisotopic (exact) mass is 394 g/mol. The zero-order chi connectivity index (χ0) is 18.7. The van der Waals surface area contributed by atoms with E-state index in [1.165, 1.54) is 16.3 Å². The molecule has 0 amide bonds. The standard InChI is InChI=1S/C17H19ClN4O3S/c1-21-14-13(15(24)20-16(21)25)22(8-7-11-5-3-2-4-6-11)17(19-14)26-10-12(23)9-18/h2-6,12,23H,7-10H2,1H3,(H,20,24,25)/t12-/m1/s1. The van der Waals surface area contributed by atoms with Crippen LogP contribution in [0.5, 0.6) is 0 Å². The number of hydrogen-bond acceptors (Lipinski definition) is 5. The molecular weight excluding hydrogens is 376 g/mol. The van der Waals surface area contributed by atoms with Crippen LogP contribution >= 0.6 is 23.4 Å². The van der Waals surface area contributed by atoms with Crippen molar-refractivity contribution in [1.82, 2.24) is 19.1 Å². The van der Waals surface area contributed by atoms with Gasteiger partial charge in [0.25, 0.3) is 5.56 Å². The molecular formula is C17H19ClN4O3S. The van der Waals surface area contributed by atoms with Crippen LogP contribution < -0.4 is 11.2 Å². The van der Waals surface area contributed by atoms with Gasteiger partial charge in [-0.1, -0.05) is 42.1 Å². The number of halogens is 1. The summed E-state index contributed by atoms with van der Waals surface area (Å²) in [6.45, 7) is 0.529. The average molecular weight is 395 g/mol. The number of hydrogen-bond donors (Lipinski definition) is 2. The van der Waals surface area contributed by atoms with Gasteiger partial charge in [0, 0.05) is 25.2 Å². The maximum absolute atomic E-state index is 12.4. The highest BCUT2D eigenvalue weighted by atomic mass is 35.5. The van der Waals surface area contributed by atoms with Crippen molar-refractivity contribution in [3.63, 3.8) is 0 Å². The first-order valence-electron chi connectivity index (χ1n) is 8.11. The Morgan fingerprint density at radius 1 is 1.31 bits per heavy atom. The molecule has 0 bridgehead atoms. The molecule has 0 unspecified atom stereocenters. The van der Waals surface area contributed by atoms with Crippen molar-refractivity contribution >= 4 is 34.5 Å². The lowest BCUT2D eigenvalue weighted by Crippen LogP contribution is -2.29. The predicted octanol–water partition coefficient (Wildman–Crippen LogP) is 1.36. The molecule has 3 rings (SSSR count). The summed E-state index contributed by atoms with van der Waals surface area (Å²) < 4.78 is 3.12. The molecule has 3 aromatic rings. The number of benzene rings is 1. The van der Waals surface area contributed by atoms with Gasteiger partial charge in [0.15, 0.2) is 16.3 Å². The van der Waals surface area contributed by atoms with Crippen molar-refractivity contribution in [2.24, 2.45) is 7.05 Å². The van der Waals surface area contributed by atoms with Gasteiger partial charge in [-0.2, -0.15) is 0 Å². The van der Waals surface area contributed by atoms with E-state index in [0.29, 0.717) is 35.0 Å². The highest BCUT2D eigenvalue weighted by Crippen LogP contribution is 2.23. The van der Waals surface area contributed by atoms with Crippen LogP contribution in [0.1, 0.15) is 5.56 Å². The van der Waals surface area contributed by atoms with E-state index >= 15 is 0 Å². The van der Waals surface area contributed by atoms with Crippen LogP contribution in [0.15, 0.2) is 45.1 Å². The number of aryl methyl sites for hydroxylation is 3. The smallest absolute Gasteiger partial charge is 0.329 e. The topological polar surface area (TPSA) is 92.9 Å². The van der Waals surface area contributed by atoms with E-state index in [2.05, 4.69) is 9.97 Å². The van der Waals surface area contributed by atoms with Gasteiger partial charge >= 0.3 is 5.69 Å². The van der Waals surface area contributed by atoms with E-state index in [9.17, 15) is 14.7 Å². The first-order chi connectivity index (χ1) is 12.5. The molecule has 0 radical (unpaired) electrons. The Labute approximate surface area is 158 Å². The molecule has 9 heteroatoms. The molecule has 0 aliphatic rings. The van der Waals surface area contributed by atoms with E-state index in [1.54, 1.807) is 11.6 Å². The summed E-state index contributed by atoms with van der Waals surface area (Å²) in [6.07, 6.45) is 0.0337. The number of nitrogens with zero attached hydrogens (tertiary/aromatic N) is 3. The summed E-state index contributed by atoms with van der Waals surface area (Å²) in [6, 6.07) is 9.91. The second-order valence-corrected chi connectivity index (χ2v) is 7.19. The van der Waals surface area contributed by atoms with Gasteiger partial charge < -0.3 is 9.67 Å². The number of alkyl halides is 1. The molecule has 138 valence electrons. The molecule has 2 aromatic heterocycles. The van der Waals surface area contributed by atoms with E-state index in [-0.39, 0.29) is 5.88 Å². The SMILES string of the molecule is Cn1c(=O)[nH]c(=O)c2c1nc(SC[C@H](O)CCl)n2CCc1ccccc1. The molecule has 7 nitrogen and oxygen atoms in total. The Kier molecular flexibility index (Phi) is 5.85. The van der Waals surface area contributed by atoms with Crippen molar-refractivity contribution in [2.75, 3.05) is 11.6 Å². The predicted molar refractivity (Wildman–Crippen MR) is 103 cm³/mol. The summed E-state index contributed by atoms with van der Waals surface area (Å²) in [5, 5.41) is 10.3. The van der Waals surface area contributed by atoms with Gasteiger partial charge in [-0.25, -0.2) is 9.78 Å². The number of fused-ring (bicyclic) bond motifs is 1. The largest absolute Gasteiger partial charge is 0.391 e. The molecule has 26 heavy (non-hydrogen) atoms. The fraction of sp³-hybridized carbons (Fsp3) is 0.353. The van der Waals surface area contributed by atoms with Crippen LogP contribution in [0, 0.1) is 0 Å². The number of aliphatic hydroxyl groups is 1. The van der Waals surface area contributed by atoms with E-state index in [4.69, 9.17) is 11.6 Å². The molecule has 0 aliphatic heterocycles. The average Bonchev–Trinajstić information content (AvgIpc) is 3.02. The molecule has 0 spiro atoms. The second-order valence-electron chi connectivity index (χ2n) is 5.89. The van der Waals surface area contributed by atoms with Gasteiger partial charge in [0.1, 0.15) is 0 Å². The van der Waals surface area contributed by atoms with Gasteiger partial charge in [0.2, 0.25) is 0 Å². The number of aromatic nitrogens is 4. The summed E-state index contributed by atoms with van der Waals surface area (Å²) in [7, 11) is 1.57. The van der Waals surface area contributed by atoms with Crippen molar-refractivity contribution in [3.05, 3.63) is 56.7 Å². The highest BCUT2D eigenvalue weighted by molar-refractivity contribution is 7.99. The van der Waals surface area contributed by atoms with Gasteiger partial charge in [0.05, 0.1) is 6.10 Å². The third-order valence-corrected chi connectivity index (χ3v) is 5.50. The van der Waals surface area contributed by atoms with Crippen molar-refractivity contribution in [3.8, 4) is 0 Å². The Morgan fingerprint density at radius 3 is 2.73 bits per heavy atom. The maximum atomic E-state index is 12.4. The van der Waals surface area contributed by atoms with Gasteiger partial charge in [-0.3, -0.25) is 14.3 Å². The Morgan fingerprint density at radius 2 is 2.04 bits per heavy atom. The van der Waals surface area contributed by atoms with Crippen LogP contribution in [-0.2, 0) is 20.0 Å². The maximum Gasteiger partial charge on any atom is 0.329 e. The van der Waals surface area contributed by atoms with Crippen molar-refractivity contribution < 1.29 is 5.11 Å². The first-order valence-corrected chi connectivity index (χ1v) is 9.63. The number of H-pyrrole nitrogens is 1. The molecule has 0 fully saturated rings. The third-order valence-electron chi connectivity index (χ3n) is 4.02. The molecule has 1 atom stereocenters. The number of rotatable bonds is 7. The quantitative estimate of drug-likeness (QED) is 0.466. The highest BCUT2D eigenvalue weighted by Gasteiger charge is 2.18. The zero-order valence-corrected chi connectivity index (χ0v) is 15.8. The Bertz CT molecular complexity index is 1010. The molecule has 0 saturated heterocycles. The first kappa shape index (κ1) is 18.8. The normalized spacial score (nSPS) is 12.6. The number of imidazole rings is 1. The lowest BCUT2D eigenvalue weighted by molar-refractivity contribution is 0.223. The van der Waals surface area contributed by atoms with E-state index < -0.39 is 17.4 Å². The van der Waals surface area contributed by atoms with Crippen LogP contribution in [0.2, 0.25) is 0 Å². The molecule has 2 N–H and O–H groups in total. The van der Waals surface area contributed by atoms with Crippen LogP contribution in [0.4, 0.5) is 0 Å². The Hall–Kier alpha value is -2.03. The van der Waals surface area contributed by atoms with Gasteiger partial charge in [-0.15, -0.1) is 11.6 Å². The minimum Gasteiger partial charge on any atom is -0.391 e. The summed E-state index contributed by atoms with van der Waals surface area (Å²) in [5.74, 6) is 0.473. The molecule has 0 saturated carbocycles. The number of aromatic amines is 1. The van der Waals surface area contributed by atoms with Gasteiger partial charge in [-0.05, 0) is 12.0 Å². The third kappa shape index (κ3) is 3.87. The van der Waals surface area contributed by atoms with Crippen molar-refractivity contribution in [2.45, 2.75) is 24.2 Å². The minimum atomic E-state index is -0.675. The van der Waals surface area contributed by atoms with Crippen molar-refractivity contribution in [1.29, 1.82) is 0 Å². The number of aliphatic hydroxyl groups excluding tert-OH is 1. The summed E-state index contributed by atoms with van der Waals surface area (Å²) >= 11 is 6.97. The van der Waals surface area contributed by atoms with E-state index in [1.807, 2.05) is 30.3 Å². The van der Waals surface area contributed by atoms with Crippen LogP contribution in [0.25, 0.3) is 11.2 Å². The zero-order valence-electron chi connectivity index (χ0n) is 14.2. The molecule has 1 aromatic carbocycles. The molecule has 0 aliphatic carbocycles. The summed E-state index contributed by atoms with van der Waals surface area (Å²) in [5.41, 5.74) is 0.842. The number of nitrogens with one attached hydrogen (secondary N) is 1. The molecule has 2 heterocycles. The fourth-order valence-corrected chi connectivity index (χ4v) is 3.82. The van der Waals surface area contributed by atoms with Crippen LogP contribution in [0.3, 0.4) is 0 Å². The van der Waals surface area contributed by atoms with E-state index in [0.717, 1.165) is 5.56 Å². The lowest BCUT2D eigenvalue weighted by atomic mass is 10.1.